The van der Waals surface area contributed by atoms with Crippen LogP contribution in [0.2, 0.25) is 19.6 Å². The van der Waals surface area contributed by atoms with Crippen LogP contribution in [0.4, 0.5) is 0 Å². The summed E-state index contributed by atoms with van der Waals surface area (Å²) in [5.41, 5.74) is -0.302. The molecule has 0 fully saturated rings. The molecule has 4 heteroatoms. The second kappa shape index (κ2) is 6.15. The normalized spacial score (nSPS) is 13.2. The lowest BCUT2D eigenvalue weighted by atomic mass is 10.0. The molecule has 0 amide bonds. The van der Waals surface area contributed by atoms with Gasteiger partial charge in [-0.15, -0.1) is 0 Å². The minimum absolute atomic E-state index is 0.302. The lowest BCUT2D eigenvalue weighted by Gasteiger charge is -2.20. The lowest BCUT2D eigenvalue weighted by molar-refractivity contribution is 0.814. The molecular formula is C9H19BCl2Si. The first-order valence-corrected chi connectivity index (χ1v) is 9.25. The van der Waals surface area contributed by atoms with Gasteiger partial charge in [0.1, 0.15) is 0 Å². The highest BCUT2D eigenvalue weighted by molar-refractivity contribution is 7.41. The fourth-order valence-electron chi connectivity index (χ4n) is 1.18. The summed E-state index contributed by atoms with van der Waals surface area (Å²) < 4.78 is 0. The van der Waals surface area contributed by atoms with Crippen LogP contribution < -0.4 is 0 Å². The molecule has 0 aromatic heterocycles. The van der Waals surface area contributed by atoms with Gasteiger partial charge in [0, 0.05) is 0 Å². The average molecular weight is 237 g/mol. The maximum atomic E-state index is 5.94. The van der Waals surface area contributed by atoms with Crippen molar-refractivity contribution in [1.29, 1.82) is 0 Å². The summed E-state index contributed by atoms with van der Waals surface area (Å²) in [6.07, 6.45) is 5.83. The molecule has 0 nitrogen and oxygen atoms in total. The monoisotopic (exact) mass is 236 g/mol. The summed E-state index contributed by atoms with van der Waals surface area (Å²) in [5.74, 6) is 0. The SMILES string of the molecule is CCCC/C=C(/B(Cl)Cl)[Si](C)(C)C. The van der Waals surface area contributed by atoms with Gasteiger partial charge in [-0.1, -0.05) is 50.6 Å². The Morgan fingerprint density at radius 2 is 1.85 bits per heavy atom. The molecule has 76 valence electrons. The summed E-state index contributed by atoms with van der Waals surface area (Å²) in [5, 5.41) is 1.28. The Kier molecular flexibility index (Phi) is 6.44. The largest absolute Gasteiger partial charge is 0.374 e. The number of hydrogen-bond donors (Lipinski definition) is 0. The van der Waals surface area contributed by atoms with E-state index >= 15 is 0 Å². The van der Waals surface area contributed by atoms with E-state index in [0.29, 0.717) is 0 Å². The van der Waals surface area contributed by atoms with Crippen molar-refractivity contribution in [1.82, 2.24) is 0 Å². The van der Waals surface area contributed by atoms with E-state index in [2.05, 4.69) is 32.6 Å². The summed E-state index contributed by atoms with van der Waals surface area (Å²) in [6.45, 7) is 9.04. The van der Waals surface area contributed by atoms with Crippen molar-refractivity contribution in [3.63, 3.8) is 0 Å². The second-order valence-electron chi connectivity index (χ2n) is 4.35. The van der Waals surface area contributed by atoms with Crippen LogP contribution in [0.1, 0.15) is 26.2 Å². The number of unbranched alkanes of at least 4 members (excludes halogenated alkanes) is 2. The molecule has 0 radical (unpaired) electrons. The van der Waals surface area contributed by atoms with Gasteiger partial charge in [-0.25, -0.2) is 0 Å². The van der Waals surface area contributed by atoms with Crippen LogP contribution in [-0.2, 0) is 0 Å². The Morgan fingerprint density at radius 3 is 2.15 bits per heavy atom. The summed E-state index contributed by atoms with van der Waals surface area (Å²) in [4.78, 5) is 0. The highest BCUT2D eigenvalue weighted by Gasteiger charge is 2.26. The minimum Gasteiger partial charge on any atom is -0.165 e. The Bertz CT molecular complexity index is 173. The number of halogens is 2. The van der Waals surface area contributed by atoms with E-state index in [1.165, 1.54) is 17.9 Å². The molecule has 0 aromatic rings. The number of rotatable bonds is 5. The molecule has 0 aromatic carbocycles. The molecule has 0 heterocycles. The highest BCUT2D eigenvalue weighted by atomic mass is 35.5. The molecule has 0 rings (SSSR count). The van der Waals surface area contributed by atoms with E-state index in [0.717, 1.165) is 6.42 Å². The topological polar surface area (TPSA) is 0 Å². The van der Waals surface area contributed by atoms with Gasteiger partial charge in [0.15, 0.2) is 0 Å². The Morgan fingerprint density at radius 1 is 1.31 bits per heavy atom. The van der Waals surface area contributed by atoms with E-state index in [4.69, 9.17) is 22.9 Å². The number of hydrogen-bond acceptors (Lipinski definition) is 0. The molecule has 0 saturated carbocycles. The summed E-state index contributed by atoms with van der Waals surface area (Å²) in [7, 11) is -1.30. The first kappa shape index (κ1) is 13.6. The minimum atomic E-state index is -1.30. The van der Waals surface area contributed by atoms with Crippen molar-refractivity contribution in [2.24, 2.45) is 0 Å². The number of allylic oxidation sites excluding steroid dienone is 1. The predicted octanol–water partition coefficient (Wildman–Crippen LogP) is 4.49. The Labute approximate surface area is 93.6 Å². The molecule has 0 spiro atoms. The van der Waals surface area contributed by atoms with Crippen molar-refractivity contribution in [2.45, 2.75) is 45.8 Å². The van der Waals surface area contributed by atoms with Gasteiger partial charge in [-0.2, -0.15) is 22.9 Å². The van der Waals surface area contributed by atoms with Gasteiger partial charge in [0.25, 0.3) is 0 Å². The average Bonchev–Trinajstić information content (AvgIpc) is 1.94. The molecule has 0 bridgehead atoms. The van der Waals surface area contributed by atoms with Gasteiger partial charge in [-0.3, -0.25) is 0 Å². The lowest BCUT2D eigenvalue weighted by Crippen LogP contribution is -2.29. The van der Waals surface area contributed by atoms with E-state index in [-0.39, 0.29) is 5.54 Å². The van der Waals surface area contributed by atoms with Crippen LogP contribution in [0.3, 0.4) is 0 Å². The van der Waals surface area contributed by atoms with E-state index in [1.807, 2.05) is 0 Å². The molecule has 0 atom stereocenters. The molecule has 0 saturated heterocycles. The van der Waals surface area contributed by atoms with Crippen molar-refractivity contribution in [2.75, 3.05) is 0 Å². The quantitative estimate of drug-likeness (QED) is 0.488. The van der Waals surface area contributed by atoms with Crippen LogP contribution in [0.15, 0.2) is 11.2 Å². The fourth-order valence-corrected chi connectivity index (χ4v) is 4.74. The van der Waals surface area contributed by atoms with Crippen LogP contribution in [0, 0.1) is 0 Å². The van der Waals surface area contributed by atoms with Crippen LogP contribution in [0.25, 0.3) is 0 Å². The summed E-state index contributed by atoms with van der Waals surface area (Å²) in [6, 6.07) is 0. The first-order valence-electron chi connectivity index (χ1n) is 4.88. The van der Waals surface area contributed by atoms with E-state index < -0.39 is 8.07 Å². The molecular weight excluding hydrogens is 218 g/mol. The third-order valence-corrected chi connectivity index (χ3v) is 5.08. The van der Waals surface area contributed by atoms with Crippen LogP contribution in [0.5, 0.6) is 0 Å². The van der Waals surface area contributed by atoms with Gasteiger partial charge in [-0.05, 0) is 6.42 Å². The zero-order valence-electron chi connectivity index (χ0n) is 9.03. The van der Waals surface area contributed by atoms with Gasteiger partial charge in [0.05, 0.1) is 8.07 Å². The van der Waals surface area contributed by atoms with Gasteiger partial charge in [0.2, 0.25) is 0 Å². The van der Waals surface area contributed by atoms with Crippen LogP contribution >= 0.6 is 22.9 Å². The van der Waals surface area contributed by atoms with Crippen molar-refractivity contribution in [3.05, 3.63) is 11.2 Å². The Hall–Kier alpha value is 0.602. The predicted molar refractivity (Wildman–Crippen MR) is 68.4 cm³/mol. The van der Waals surface area contributed by atoms with Crippen molar-refractivity contribution >= 4 is 36.5 Å². The molecule has 13 heavy (non-hydrogen) atoms. The Balaban J connectivity index is 4.34. The third-order valence-electron chi connectivity index (χ3n) is 2.02. The maximum absolute atomic E-state index is 5.94. The van der Waals surface area contributed by atoms with Crippen molar-refractivity contribution < 1.29 is 0 Å². The standard InChI is InChI=1S/C9H19BCl2Si/c1-5-6-7-8-9(10(11)12)13(2,3)4/h8H,5-7H2,1-4H3/b9-8-. The third kappa shape index (κ3) is 5.82. The first-order chi connectivity index (χ1) is 5.89. The fraction of sp³-hybridized carbons (Fsp3) is 0.778. The molecule has 0 N–H and O–H groups in total. The van der Waals surface area contributed by atoms with Gasteiger partial charge >= 0.3 is 5.54 Å². The molecule has 0 aliphatic heterocycles. The maximum Gasteiger partial charge on any atom is 0.374 e. The molecule has 0 aliphatic rings. The second-order valence-corrected chi connectivity index (χ2v) is 10.5. The molecule has 0 aliphatic carbocycles. The smallest absolute Gasteiger partial charge is 0.165 e. The van der Waals surface area contributed by atoms with Crippen LogP contribution in [-0.4, -0.2) is 13.6 Å². The molecule has 0 unspecified atom stereocenters. The van der Waals surface area contributed by atoms with E-state index in [1.54, 1.807) is 0 Å². The van der Waals surface area contributed by atoms with Gasteiger partial charge < -0.3 is 0 Å². The van der Waals surface area contributed by atoms with Crippen molar-refractivity contribution in [3.8, 4) is 0 Å². The zero-order valence-corrected chi connectivity index (χ0v) is 11.5. The summed E-state index contributed by atoms with van der Waals surface area (Å²) >= 11 is 11.9. The van der Waals surface area contributed by atoms with E-state index in [9.17, 15) is 0 Å². The highest BCUT2D eigenvalue weighted by Crippen LogP contribution is 2.22. The zero-order chi connectivity index (χ0) is 10.5.